The standard InChI is InChI=1S/C13H20N2S2/c1-4-11-5-6-12(17-11)8-14-13-15-9(2)7-10(3)16-13/h5-6,9-10H,4,7-8H2,1-3H3,(H,14,15). The first-order chi connectivity index (χ1) is 8.17. The van der Waals surface area contributed by atoms with E-state index in [4.69, 9.17) is 0 Å². The predicted octanol–water partition coefficient (Wildman–Crippen LogP) is 3.67. The van der Waals surface area contributed by atoms with Crippen LogP contribution in [0.5, 0.6) is 0 Å². The molecule has 4 heteroatoms. The number of nitrogens with zero attached hydrogens (tertiary/aromatic N) is 1. The number of thiophene rings is 1. The molecule has 94 valence electrons. The summed E-state index contributed by atoms with van der Waals surface area (Å²) in [6, 6.07) is 4.97. The van der Waals surface area contributed by atoms with Gasteiger partial charge in [0.2, 0.25) is 0 Å². The topological polar surface area (TPSA) is 24.4 Å². The predicted molar refractivity (Wildman–Crippen MR) is 79.1 cm³/mol. The van der Waals surface area contributed by atoms with Gasteiger partial charge in [0.1, 0.15) is 0 Å². The molecular formula is C13H20N2S2. The molecule has 0 amide bonds. The van der Waals surface area contributed by atoms with E-state index in [0.717, 1.165) is 18.1 Å². The molecular weight excluding hydrogens is 248 g/mol. The Kier molecular flexibility index (Phi) is 4.51. The Morgan fingerprint density at radius 3 is 2.76 bits per heavy atom. The zero-order chi connectivity index (χ0) is 12.3. The molecule has 1 aromatic heterocycles. The summed E-state index contributed by atoms with van der Waals surface area (Å²) in [5.41, 5.74) is 0. The van der Waals surface area contributed by atoms with Crippen LogP contribution in [-0.2, 0) is 13.0 Å². The van der Waals surface area contributed by atoms with Gasteiger partial charge in [-0.2, -0.15) is 0 Å². The monoisotopic (exact) mass is 268 g/mol. The lowest BCUT2D eigenvalue weighted by Gasteiger charge is -2.26. The molecule has 1 fully saturated rings. The van der Waals surface area contributed by atoms with Crippen molar-refractivity contribution in [1.29, 1.82) is 0 Å². The maximum absolute atomic E-state index is 4.68. The molecule has 2 atom stereocenters. The van der Waals surface area contributed by atoms with Crippen LogP contribution in [0.2, 0.25) is 0 Å². The van der Waals surface area contributed by atoms with Crippen LogP contribution in [0.1, 0.15) is 36.9 Å². The fourth-order valence-corrected chi connectivity index (χ4v) is 4.03. The second-order valence-electron chi connectivity index (χ2n) is 4.55. The molecule has 1 aromatic rings. The summed E-state index contributed by atoms with van der Waals surface area (Å²) in [6.07, 6.45) is 2.35. The van der Waals surface area contributed by atoms with Gasteiger partial charge in [0.05, 0.1) is 6.54 Å². The third-order valence-electron chi connectivity index (χ3n) is 2.81. The van der Waals surface area contributed by atoms with E-state index in [1.165, 1.54) is 16.2 Å². The van der Waals surface area contributed by atoms with Gasteiger partial charge >= 0.3 is 0 Å². The summed E-state index contributed by atoms with van der Waals surface area (Å²) in [5.74, 6) is 0. The molecule has 1 saturated heterocycles. The van der Waals surface area contributed by atoms with Crippen LogP contribution in [0, 0.1) is 0 Å². The van der Waals surface area contributed by atoms with Crippen molar-refractivity contribution in [3.8, 4) is 0 Å². The molecule has 0 spiro atoms. The number of hydrogen-bond acceptors (Lipinski definition) is 3. The van der Waals surface area contributed by atoms with Crippen molar-refractivity contribution < 1.29 is 0 Å². The highest BCUT2D eigenvalue weighted by Crippen LogP contribution is 2.23. The number of amidine groups is 1. The van der Waals surface area contributed by atoms with Crippen LogP contribution in [0.25, 0.3) is 0 Å². The van der Waals surface area contributed by atoms with Crippen LogP contribution in [0.3, 0.4) is 0 Å². The van der Waals surface area contributed by atoms with Crippen molar-refractivity contribution in [3.05, 3.63) is 21.9 Å². The number of thioether (sulfide) groups is 1. The van der Waals surface area contributed by atoms with E-state index in [2.05, 4.69) is 43.2 Å². The number of hydrogen-bond donors (Lipinski definition) is 1. The zero-order valence-corrected chi connectivity index (χ0v) is 12.3. The maximum atomic E-state index is 4.68. The molecule has 2 rings (SSSR count). The molecule has 17 heavy (non-hydrogen) atoms. The molecule has 0 saturated carbocycles. The lowest BCUT2D eigenvalue weighted by Crippen LogP contribution is -2.38. The first kappa shape index (κ1) is 13.0. The Morgan fingerprint density at radius 2 is 2.12 bits per heavy atom. The van der Waals surface area contributed by atoms with Gasteiger partial charge in [-0.15, -0.1) is 11.3 Å². The van der Waals surface area contributed by atoms with Crippen LogP contribution >= 0.6 is 23.1 Å². The summed E-state index contributed by atoms with van der Waals surface area (Å²) >= 11 is 3.74. The summed E-state index contributed by atoms with van der Waals surface area (Å²) in [4.78, 5) is 7.49. The van der Waals surface area contributed by atoms with Crippen molar-refractivity contribution in [3.63, 3.8) is 0 Å². The van der Waals surface area contributed by atoms with Gasteiger partial charge in [0.15, 0.2) is 5.17 Å². The van der Waals surface area contributed by atoms with Crippen LogP contribution in [0.4, 0.5) is 0 Å². The van der Waals surface area contributed by atoms with Gasteiger partial charge in [0.25, 0.3) is 0 Å². The second-order valence-corrected chi connectivity index (χ2v) is 7.23. The van der Waals surface area contributed by atoms with Crippen molar-refractivity contribution in [2.45, 2.75) is 51.4 Å². The molecule has 1 aliphatic heterocycles. The molecule has 1 N–H and O–H groups in total. The first-order valence-electron chi connectivity index (χ1n) is 6.22. The maximum Gasteiger partial charge on any atom is 0.157 e. The quantitative estimate of drug-likeness (QED) is 0.904. The van der Waals surface area contributed by atoms with E-state index >= 15 is 0 Å². The van der Waals surface area contributed by atoms with Crippen LogP contribution in [0.15, 0.2) is 17.1 Å². The van der Waals surface area contributed by atoms with Crippen LogP contribution in [-0.4, -0.2) is 16.5 Å². The molecule has 0 aromatic carbocycles. The second kappa shape index (κ2) is 5.91. The van der Waals surface area contributed by atoms with Gasteiger partial charge in [-0.25, -0.2) is 0 Å². The highest BCUT2D eigenvalue weighted by molar-refractivity contribution is 8.14. The zero-order valence-electron chi connectivity index (χ0n) is 10.7. The Morgan fingerprint density at radius 1 is 1.35 bits per heavy atom. The SMILES string of the molecule is CCc1ccc(CN=C2NC(C)CC(C)S2)s1. The first-order valence-corrected chi connectivity index (χ1v) is 7.92. The fourth-order valence-electron chi connectivity index (χ4n) is 1.97. The van der Waals surface area contributed by atoms with Gasteiger partial charge in [-0.1, -0.05) is 25.6 Å². The minimum Gasteiger partial charge on any atom is -0.362 e. The Bertz CT molecular complexity index is 386. The average Bonchev–Trinajstić information content (AvgIpc) is 2.73. The molecule has 1 aliphatic rings. The fraction of sp³-hybridized carbons (Fsp3) is 0.615. The van der Waals surface area contributed by atoms with E-state index in [9.17, 15) is 0 Å². The summed E-state index contributed by atoms with van der Waals surface area (Å²) in [6.45, 7) is 7.52. The minimum atomic E-state index is 0.555. The normalized spacial score (nSPS) is 27.1. The van der Waals surface area contributed by atoms with Crippen molar-refractivity contribution in [1.82, 2.24) is 5.32 Å². The summed E-state index contributed by atoms with van der Waals surface area (Å²) in [5, 5.41) is 5.25. The Labute approximate surface area is 112 Å². The molecule has 2 heterocycles. The largest absolute Gasteiger partial charge is 0.362 e. The molecule has 0 aliphatic carbocycles. The van der Waals surface area contributed by atoms with Gasteiger partial charge < -0.3 is 5.32 Å². The summed E-state index contributed by atoms with van der Waals surface area (Å²) in [7, 11) is 0. The lowest BCUT2D eigenvalue weighted by atomic mass is 10.2. The lowest BCUT2D eigenvalue weighted by molar-refractivity contribution is 0.597. The Hall–Kier alpha value is -0.480. The molecule has 2 nitrogen and oxygen atoms in total. The smallest absolute Gasteiger partial charge is 0.157 e. The van der Waals surface area contributed by atoms with Gasteiger partial charge in [0, 0.05) is 21.0 Å². The van der Waals surface area contributed by atoms with E-state index in [1.807, 2.05) is 23.1 Å². The van der Waals surface area contributed by atoms with Crippen molar-refractivity contribution in [2.24, 2.45) is 4.99 Å². The van der Waals surface area contributed by atoms with E-state index in [-0.39, 0.29) is 0 Å². The average molecular weight is 268 g/mol. The highest BCUT2D eigenvalue weighted by Gasteiger charge is 2.19. The minimum absolute atomic E-state index is 0.555. The molecule has 2 unspecified atom stereocenters. The third-order valence-corrected chi connectivity index (χ3v) is 5.09. The van der Waals surface area contributed by atoms with E-state index < -0.39 is 0 Å². The Balaban J connectivity index is 1.95. The number of rotatable bonds is 3. The third kappa shape index (κ3) is 3.75. The molecule has 0 bridgehead atoms. The summed E-state index contributed by atoms with van der Waals surface area (Å²) < 4.78 is 0. The number of aliphatic imine (C=N–C) groups is 1. The van der Waals surface area contributed by atoms with E-state index in [0.29, 0.717) is 11.3 Å². The van der Waals surface area contributed by atoms with E-state index in [1.54, 1.807) is 0 Å². The van der Waals surface area contributed by atoms with Crippen LogP contribution < -0.4 is 5.32 Å². The number of aryl methyl sites for hydroxylation is 1. The van der Waals surface area contributed by atoms with Gasteiger partial charge in [-0.05, 0) is 31.9 Å². The number of nitrogens with one attached hydrogen (secondary N) is 1. The highest BCUT2D eigenvalue weighted by atomic mass is 32.2. The van der Waals surface area contributed by atoms with Gasteiger partial charge in [-0.3, -0.25) is 4.99 Å². The molecule has 0 radical (unpaired) electrons. The van der Waals surface area contributed by atoms with Crippen molar-refractivity contribution >= 4 is 28.3 Å². The van der Waals surface area contributed by atoms with Crippen molar-refractivity contribution in [2.75, 3.05) is 0 Å².